The van der Waals surface area contributed by atoms with Crippen LogP contribution in [0.2, 0.25) is 5.15 Å². The number of aromatic nitrogens is 1. The molecule has 0 saturated carbocycles. The molecule has 0 unspecified atom stereocenters. The van der Waals surface area contributed by atoms with E-state index in [1.54, 1.807) is 12.3 Å². The molecule has 1 aliphatic rings. The van der Waals surface area contributed by atoms with Crippen molar-refractivity contribution in [1.82, 2.24) is 9.88 Å². The molecular weight excluding hydrogens is 247 g/mol. The van der Waals surface area contributed by atoms with Gasteiger partial charge < -0.3 is 4.74 Å². The molecule has 0 amide bonds. The fraction of sp³-hybridized carbons (Fsp3) is 0.364. The lowest BCUT2D eigenvalue weighted by atomic mass is 10.2. The van der Waals surface area contributed by atoms with Crippen LogP contribution >= 0.6 is 24.0 Å². The monoisotopic (exact) mass is 260 g/mol. The van der Waals surface area contributed by atoms with Crippen molar-refractivity contribution in [2.75, 3.05) is 19.8 Å². The normalized spacial score (nSPS) is 14.8. The Morgan fingerprint density at radius 2 is 2.31 bits per heavy atom. The van der Waals surface area contributed by atoms with E-state index in [0.29, 0.717) is 11.9 Å². The number of hydrogen-bond acceptors (Lipinski definition) is 3. The molecule has 1 fully saturated rings. The highest BCUT2D eigenvalue weighted by atomic mass is 35.5. The lowest BCUT2D eigenvalue weighted by molar-refractivity contribution is 0.0728. The molecular formula is C11H14Cl2N2O. The second-order valence-electron chi connectivity index (χ2n) is 3.50. The van der Waals surface area contributed by atoms with Gasteiger partial charge in [0.25, 0.3) is 0 Å². The Balaban J connectivity index is 0.00000128. The number of nitrogens with zero attached hydrogens (tertiary/aromatic N) is 2. The Bertz CT molecular complexity index is 367. The average molecular weight is 261 g/mol. The van der Waals surface area contributed by atoms with Gasteiger partial charge in [0.1, 0.15) is 17.6 Å². The molecule has 2 heterocycles. The lowest BCUT2D eigenvalue weighted by Gasteiger charge is -2.30. The minimum atomic E-state index is 0. The van der Waals surface area contributed by atoms with Crippen molar-refractivity contribution in [2.24, 2.45) is 0 Å². The number of halogens is 2. The Hall–Kier alpha value is -0.770. The molecule has 0 spiro atoms. The SMILES string of the molecule is C=Cc1cc(OCN2CCC2)cnc1Cl.Cl. The smallest absolute Gasteiger partial charge is 0.142 e. The van der Waals surface area contributed by atoms with Crippen LogP contribution in [0.3, 0.4) is 0 Å². The lowest BCUT2D eigenvalue weighted by Crippen LogP contribution is -2.39. The molecule has 2 rings (SSSR count). The molecule has 1 saturated heterocycles. The zero-order chi connectivity index (χ0) is 10.7. The first-order valence-corrected chi connectivity index (χ1v) is 5.30. The third kappa shape index (κ3) is 3.11. The first-order chi connectivity index (χ1) is 7.29. The molecule has 0 radical (unpaired) electrons. The van der Waals surface area contributed by atoms with E-state index in [-0.39, 0.29) is 12.4 Å². The Kier molecular flexibility index (Phi) is 5.06. The van der Waals surface area contributed by atoms with Gasteiger partial charge in [-0.25, -0.2) is 4.98 Å². The zero-order valence-corrected chi connectivity index (χ0v) is 10.4. The van der Waals surface area contributed by atoms with Crippen LogP contribution in [-0.4, -0.2) is 29.7 Å². The van der Waals surface area contributed by atoms with Gasteiger partial charge in [-0.05, 0) is 12.5 Å². The highest BCUT2D eigenvalue weighted by Gasteiger charge is 2.13. The van der Waals surface area contributed by atoms with E-state index in [1.807, 2.05) is 6.07 Å². The van der Waals surface area contributed by atoms with Gasteiger partial charge in [-0.15, -0.1) is 12.4 Å². The Morgan fingerprint density at radius 1 is 1.56 bits per heavy atom. The van der Waals surface area contributed by atoms with E-state index in [2.05, 4.69) is 16.5 Å². The van der Waals surface area contributed by atoms with E-state index < -0.39 is 0 Å². The second kappa shape index (κ2) is 6.09. The van der Waals surface area contributed by atoms with E-state index in [9.17, 15) is 0 Å². The van der Waals surface area contributed by atoms with Crippen molar-refractivity contribution in [1.29, 1.82) is 0 Å². The molecule has 0 aliphatic carbocycles. The Morgan fingerprint density at radius 3 is 2.88 bits per heavy atom. The van der Waals surface area contributed by atoms with Crippen molar-refractivity contribution < 1.29 is 4.74 Å². The van der Waals surface area contributed by atoms with Crippen LogP contribution in [0.1, 0.15) is 12.0 Å². The van der Waals surface area contributed by atoms with Crippen LogP contribution in [0.4, 0.5) is 0 Å². The van der Waals surface area contributed by atoms with E-state index in [0.717, 1.165) is 24.4 Å². The summed E-state index contributed by atoms with van der Waals surface area (Å²) in [5.41, 5.74) is 0.803. The van der Waals surface area contributed by atoms with Crippen molar-refractivity contribution in [2.45, 2.75) is 6.42 Å². The molecule has 3 nitrogen and oxygen atoms in total. The summed E-state index contributed by atoms with van der Waals surface area (Å²) < 4.78 is 5.56. The summed E-state index contributed by atoms with van der Waals surface area (Å²) in [7, 11) is 0. The fourth-order valence-electron chi connectivity index (χ4n) is 1.34. The predicted molar refractivity (Wildman–Crippen MR) is 68.3 cm³/mol. The molecule has 1 aromatic heterocycles. The topological polar surface area (TPSA) is 25.4 Å². The van der Waals surface area contributed by atoms with Crippen molar-refractivity contribution in [3.63, 3.8) is 0 Å². The van der Waals surface area contributed by atoms with Crippen LogP contribution in [0, 0.1) is 0 Å². The van der Waals surface area contributed by atoms with E-state index in [1.165, 1.54) is 6.42 Å². The van der Waals surface area contributed by atoms with E-state index >= 15 is 0 Å². The third-order valence-electron chi connectivity index (χ3n) is 2.42. The van der Waals surface area contributed by atoms with Crippen LogP contribution < -0.4 is 4.74 Å². The summed E-state index contributed by atoms with van der Waals surface area (Å²) in [6, 6.07) is 1.85. The second-order valence-corrected chi connectivity index (χ2v) is 3.86. The summed E-state index contributed by atoms with van der Waals surface area (Å²) in [4.78, 5) is 6.25. The van der Waals surface area contributed by atoms with Crippen LogP contribution in [0.25, 0.3) is 6.08 Å². The molecule has 16 heavy (non-hydrogen) atoms. The number of rotatable bonds is 4. The van der Waals surface area contributed by atoms with Crippen molar-refractivity contribution in [3.8, 4) is 5.75 Å². The van der Waals surface area contributed by atoms with Gasteiger partial charge >= 0.3 is 0 Å². The quantitative estimate of drug-likeness (QED) is 0.779. The molecule has 0 atom stereocenters. The van der Waals surface area contributed by atoms with Gasteiger partial charge in [0.05, 0.1) is 6.20 Å². The van der Waals surface area contributed by atoms with Crippen molar-refractivity contribution >= 4 is 30.1 Å². The first kappa shape index (κ1) is 13.3. The molecule has 0 bridgehead atoms. The third-order valence-corrected chi connectivity index (χ3v) is 2.74. The molecule has 5 heteroatoms. The van der Waals surface area contributed by atoms with Gasteiger partial charge in [0.15, 0.2) is 0 Å². The van der Waals surface area contributed by atoms with Gasteiger partial charge in [-0.2, -0.15) is 0 Å². The van der Waals surface area contributed by atoms with Gasteiger partial charge in [-0.3, -0.25) is 4.90 Å². The largest absolute Gasteiger partial charge is 0.477 e. The molecule has 0 aromatic carbocycles. The molecule has 1 aromatic rings. The van der Waals surface area contributed by atoms with Crippen LogP contribution in [0.5, 0.6) is 5.75 Å². The number of likely N-dealkylation sites (tertiary alicyclic amines) is 1. The summed E-state index contributed by atoms with van der Waals surface area (Å²) in [6.45, 7) is 6.53. The van der Waals surface area contributed by atoms with Crippen LogP contribution in [0.15, 0.2) is 18.8 Å². The zero-order valence-electron chi connectivity index (χ0n) is 8.86. The minimum absolute atomic E-state index is 0. The van der Waals surface area contributed by atoms with Gasteiger partial charge in [0.2, 0.25) is 0 Å². The first-order valence-electron chi connectivity index (χ1n) is 4.93. The summed E-state index contributed by atoms with van der Waals surface area (Å²) in [6.07, 6.45) is 4.57. The molecule has 88 valence electrons. The highest BCUT2D eigenvalue weighted by molar-refractivity contribution is 6.30. The molecule has 0 N–H and O–H groups in total. The summed E-state index contributed by atoms with van der Waals surface area (Å²) in [5.74, 6) is 0.737. The Labute approximate surface area is 106 Å². The van der Waals surface area contributed by atoms with Gasteiger partial charge in [-0.1, -0.05) is 24.3 Å². The fourth-order valence-corrected chi connectivity index (χ4v) is 1.52. The van der Waals surface area contributed by atoms with Crippen LogP contribution in [-0.2, 0) is 0 Å². The minimum Gasteiger partial charge on any atom is -0.477 e. The predicted octanol–water partition coefficient (Wildman–Crippen LogP) is 2.84. The highest BCUT2D eigenvalue weighted by Crippen LogP contribution is 2.20. The van der Waals surface area contributed by atoms with E-state index in [4.69, 9.17) is 16.3 Å². The maximum Gasteiger partial charge on any atom is 0.142 e. The maximum atomic E-state index is 5.85. The maximum absolute atomic E-state index is 5.85. The molecule has 1 aliphatic heterocycles. The summed E-state index contributed by atoms with van der Waals surface area (Å²) >= 11 is 5.85. The average Bonchev–Trinajstić information content (AvgIpc) is 2.18. The van der Waals surface area contributed by atoms with Gasteiger partial charge in [0, 0.05) is 18.7 Å². The standard InChI is InChI=1S/C11H13ClN2O.ClH/c1-2-9-6-10(7-13-11(9)12)15-8-14-4-3-5-14;/h2,6-7H,1,3-5,8H2;1H. The number of hydrogen-bond donors (Lipinski definition) is 0. The summed E-state index contributed by atoms with van der Waals surface area (Å²) in [5, 5.41) is 0.460. The number of pyridine rings is 1. The number of ether oxygens (including phenoxy) is 1. The van der Waals surface area contributed by atoms with Crippen molar-refractivity contribution in [3.05, 3.63) is 29.6 Å².